The zero-order chi connectivity index (χ0) is 34.5. The minimum atomic E-state index is -1.34. The number of aliphatic hydroxyl groups excluding tert-OH is 1. The molecule has 266 valence electrons. The number of aliphatic hydroxyl groups is 1. The molecular formula is C33H59N3O10. The van der Waals surface area contributed by atoms with Gasteiger partial charge in [0.25, 0.3) is 0 Å². The molecule has 0 aromatic heterocycles. The molecule has 13 heteroatoms. The number of nitrogens with one attached hydrogen (secondary N) is 2. The number of amides is 2. The second-order valence-corrected chi connectivity index (χ2v) is 13.9. The van der Waals surface area contributed by atoms with Crippen LogP contribution in [-0.2, 0) is 42.8 Å². The quantitative estimate of drug-likeness (QED) is 0.226. The van der Waals surface area contributed by atoms with Crippen molar-refractivity contribution < 1.29 is 47.9 Å². The third-order valence-electron chi connectivity index (χ3n) is 9.91. The van der Waals surface area contributed by atoms with Crippen molar-refractivity contribution in [2.45, 2.75) is 156 Å². The monoisotopic (exact) mass is 657 g/mol. The van der Waals surface area contributed by atoms with Crippen molar-refractivity contribution in [3.05, 3.63) is 0 Å². The summed E-state index contributed by atoms with van der Waals surface area (Å²) in [4.78, 5) is 36.7. The standard InChI is InChI=1S/C33H59N3O10/c1-11-22-17(6)16(5)18(7)32(43-22)45-29-19(8)27(35-20(9)37)33(44-23(29)12-2)46-30-24(14-41-21(10)38)42-31(26(34)28(30)40)36-25(39)13-15(3)4/h15-19,22-24,26-33,40H,11-14,34H2,1-10H3,(H,35,37)(H,36,39)/t16-,17+,18?,19+,22?,23?,24?,26?,27?,28+,29+,30-,31+,32-,33-/m0/s1. The van der Waals surface area contributed by atoms with Gasteiger partial charge in [0.15, 0.2) is 12.6 Å². The van der Waals surface area contributed by atoms with Gasteiger partial charge in [0.05, 0.1) is 30.4 Å². The SMILES string of the molecule is CCC1O[C@@H](O[C@H]2C(CC)O[C@@H](O[C@H]3C(COC(C)=O)O[C@@H](NC(=O)CC(C)C)C(N)[C@H]3O)C(NC(C)=O)[C@H]2C)C(C)[C@@H](C)[C@H]1C. The number of hydrogen-bond acceptors (Lipinski definition) is 11. The van der Waals surface area contributed by atoms with Gasteiger partial charge in [-0.3, -0.25) is 14.4 Å². The normalized spacial score (nSPS) is 41.5. The lowest BCUT2D eigenvalue weighted by molar-refractivity contribution is -0.335. The zero-order valence-corrected chi connectivity index (χ0v) is 29.3. The van der Waals surface area contributed by atoms with Crippen LogP contribution in [-0.4, -0.2) is 97.0 Å². The van der Waals surface area contributed by atoms with Crippen LogP contribution in [0.4, 0.5) is 0 Å². The molecule has 0 bridgehead atoms. The maximum atomic E-state index is 12.5. The molecule has 3 fully saturated rings. The van der Waals surface area contributed by atoms with E-state index in [2.05, 4.69) is 38.3 Å². The first-order valence-corrected chi connectivity index (χ1v) is 17.0. The molecule has 0 aromatic carbocycles. The Kier molecular flexibility index (Phi) is 14.2. The summed E-state index contributed by atoms with van der Waals surface area (Å²) in [5.74, 6) is -0.399. The number of esters is 1. The fourth-order valence-electron chi connectivity index (χ4n) is 6.83. The van der Waals surface area contributed by atoms with Gasteiger partial charge in [-0.1, -0.05) is 55.4 Å². The van der Waals surface area contributed by atoms with Crippen molar-refractivity contribution >= 4 is 17.8 Å². The second kappa shape index (κ2) is 17.0. The van der Waals surface area contributed by atoms with Gasteiger partial charge in [0, 0.05) is 32.1 Å². The third kappa shape index (κ3) is 9.39. The lowest BCUT2D eigenvalue weighted by Crippen LogP contribution is -2.69. The van der Waals surface area contributed by atoms with Crippen LogP contribution in [0.15, 0.2) is 0 Å². The number of carbonyl (C=O) groups is 3. The van der Waals surface area contributed by atoms with Gasteiger partial charge in [-0.2, -0.15) is 0 Å². The van der Waals surface area contributed by atoms with Gasteiger partial charge in [0.2, 0.25) is 11.8 Å². The fraction of sp³-hybridized carbons (Fsp3) is 0.909. The van der Waals surface area contributed by atoms with Gasteiger partial charge >= 0.3 is 5.97 Å². The van der Waals surface area contributed by atoms with E-state index >= 15 is 0 Å². The fourth-order valence-corrected chi connectivity index (χ4v) is 6.83. The highest BCUT2D eigenvalue weighted by Crippen LogP contribution is 2.40. The van der Waals surface area contributed by atoms with E-state index in [1.165, 1.54) is 13.8 Å². The van der Waals surface area contributed by atoms with Gasteiger partial charge in [-0.05, 0) is 30.6 Å². The second-order valence-electron chi connectivity index (χ2n) is 13.9. The lowest BCUT2D eigenvalue weighted by atomic mass is 9.78. The molecule has 0 aromatic rings. The first-order chi connectivity index (χ1) is 21.6. The van der Waals surface area contributed by atoms with Crippen LogP contribution in [0.5, 0.6) is 0 Å². The molecule has 3 heterocycles. The molecule has 0 saturated carbocycles. The molecule has 0 spiro atoms. The van der Waals surface area contributed by atoms with Gasteiger partial charge in [-0.25, -0.2) is 0 Å². The Labute approximate surface area is 274 Å². The van der Waals surface area contributed by atoms with Gasteiger partial charge in [0.1, 0.15) is 31.1 Å². The van der Waals surface area contributed by atoms with Crippen molar-refractivity contribution in [2.75, 3.05) is 6.61 Å². The van der Waals surface area contributed by atoms with Crippen LogP contribution in [0.1, 0.15) is 88.5 Å². The summed E-state index contributed by atoms with van der Waals surface area (Å²) in [5.41, 5.74) is 6.37. The largest absolute Gasteiger partial charge is 0.463 e. The summed E-state index contributed by atoms with van der Waals surface area (Å²) in [5, 5.41) is 17.1. The van der Waals surface area contributed by atoms with E-state index in [4.69, 9.17) is 34.2 Å². The molecule has 15 atom stereocenters. The van der Waals surface area contributed by atoms with E-state index in [0.717, 1.165) is 6.42 Å². The zero-order valence-electron chi connectivity index (χ0n) is 29.3. The number of hydrogen-bond donors (Lipinski definition) is 4. The first kappa shape index (κ1) is 38.6. The number of carbonyl (C=O) groups excluding carboxylic acids is 3. The molecule has 3 aliphatic heterocycles. The Morgan fingerprint density at radius 3 is 1.98 bits per heavy atom. The highest BCUT2D eigenvalue weighted by Gasteiger charge is 2.52. The predicted octanol–water partition coefficient (Wildman–Crippen LogP) is 2.21. The Bertz CT molecular complexity index is 1010. The Balaban J connectivity index is 1.85. The van der Waals surface area contributed by atoms with Crippen LogP contribution >= 0.6 is 0 Å². The Morgan fingerprint density at radius 1 is 0.804 bits per heavy atom. The smallest absolute Gasteiger partial charge is 0.302 e. The van der Waals surface area contributed by atoms with E-state index in [1.54, 1.807) is 0 Å². The Hall–Kier alpha value is -1.87. The van der Waals surface area contributed by atoms with Crippen molar-refractivity contribution in [3.8, 4) is 0 Å². The van der Waals surface area contributed by atoms with Crippen molar-refractivity contribution in [1.29, 1.82) is 0 Å². The average Bonchev–Trinajstić information content (AvgIpc) is 2.98. The molecular weight excluding hydrogens is 598 g/mol. The van der Waals surface area contributed by atoms with Crippen LogP contribution in [0.3, 0.4) is 0 Å². The molecule has 3 aliphatic rings. The molecule has 0 radical (unpaired) electrons. The van der Waals surface area contributed by atoms with E-state index < -0.39 is 67.4 Å². The summed E-state index contributed by atoms with van der Waals surface area (Å²) >= 11 is 0. The molecule has 0 aliphatic carbocycles. The lowest BCUT2D eigenvalue weighted by Gasteiger charge is -2.51. The van der Waals surface area contributed by atoms with E-state index in [1.807, 2.05) is 27.7 Å². The van der Waals surface area contributed by atoms with Crippen molar-refractivity contribution in [1.82, 2.24) is 10.6 Å². The summed E-state index contributed by atoms with van der Waals surface area (Å²) in [6.45, 7) is 18.9. The van der Waals surface area contributed by atoms with Crippen molar-refractivity contribution in [3.63, 3.8) is 0 Å². The van der Waals surface area contributed by atoms with Crippen molar-refractivity contribution in [2.24, 2.45) is 35.3 Å². The van der Waals surface area contributed by atoms with Crippen LogP contribution < -0.4 is 16.4 Å². The Morgan fingerprint density at radius 2 is 1.41 bits per heavy atom. The average molecular weight is 658 g/mol. The number of rotatable bonds is 12. The summed E-state index contributed by atoms with van der Waals surface area (Å²) in [6, 6.07) is -1.74. The van der Waals surface area contributed by atoms with Gasteiger partial charge in [-0.15, -0.1) is 0 Å². The van der Waals surface area contributed by atoms with E-state index in [-0.39, 0.29) is 48.7 Å². The summed E-state index contributed by atoms with van der Waals surface area (Å²) in [7, 11) is 0. The predicted molar refractivity (Wildman–Crippen MR) is 169 cm³/mol. The van der Waals surface area contributed by atoms with Crippen LogP contribution in [0.2, 0.25) is 0 Å². The highest BCUT2D eigenvalue weighted by molar-refractivity contribution is 5.76. The van der Waals surface area contributed by atoms with Crippen LogP contribution in [0.25, 0.3) is 0 Å². The molecule has 2 amide bonds. The minimum absolute atomic E-state index is 0.0726. The van der Waals surface area contributed by atoms with Gasteiger partial charge < -0.3 is 49.9 Å². The number of ether oxygens (including phenoxy) is 6. The first-order valence-electron chi connectivity index (χ1n) is 17.0. The molecule has 46 heavy (non-hydrogen) atoms. The topological polar surface area (TPSA) is 177 Å². The maximum absolute atomic E-state index is 12.5. The van der Waals surface area contributed by atoms with Crippen LogP contribution in [0, 0.1) is 29.6 Å². The summed E-state index contributed by atoms with van der Waals surface area (Å²) < 4.78 is 37.5. The summed E-state index contributed by atoms with van der Waals surface area (Å²) in [6.07, 6.45) is -5.07. The molecule has 13 nitrogen and oxygen atoms in total. The molecule has 3 rings (SSSR count). The minimum Gasteiger partial charge on any atom is -0.463 e. The third-order valence-corrected chi connectivity index (χ3v) is 9.91. The molecule has 3 saturated heterocycles. The van der Waals surface area contributed by atoms with E-state index in [0.29, 0.717) is 18.3 Å². The molecule has 6 unspecified atom stereocenters. The molecule has 5 N–H and O–H groups in total. The van der Waals surface area contributed by atoms with E-state index in [9.17, 15) is 19.5 Å². The number of nitrogens with two attached hydrogens (primary N) is 1. The highest BCUT2D eigenvalue weighted by atomic mass is 16.7. The maximum Gasteiger partial charge on any atom is 0.302 e.